The van der Waals surface area contributed by atoms with Crippen molar-refractivity contribution in [1.82, 2.24) is 0 Å². The summed E-state index contributed by atoms with van der Waals surface area (Å²) in [5.74, 6) is 2.45. The van der Waals surface area contributed by atoms with Gasteiger partial charge in [-0.15, -0.1) is 35.5 Å². The number of ketones is 2. The third-order valence-corrected chi connectivity index (χ3v) is 8.12. The smallest absolute Gasteiger partial charge is 0.213 e. The van der Waals surface area contributed by atoms with Crippen molar-refractivity contribution in [3.63, 3.8) is 0 Å². The molecule has 1 N–H and O–H groups in total. The number of carbonyl (C=O) groups is 2. The van der Waals surface area contributed by atoms with Crippen LogP contribution in [0.4, 0.5) is 10.0 Å². The second-order valence-electron chi connectivity index (χ2n) is 7.87. The monoisotopic (exact) mass is 526 g/mol. The van der Waals surface area contributed by atoms with Crippen molar-refractivity contribution >= 4 is 49.8 Å². The second-order valence-corrected chi connectivity index (χ2v) is 10.0. The van der Waals surface area contributed by atoms with Crippen LogP contribution in [-0.2, 0) is 19.1 Å². The largest absolute Gasteiger partial charge is 0.504 e. The second kappa shape index (κ2) is 13.3. The van der Waals surface area contributed by atoms with Crippen LogP contribution < -0.4 is 9.80 Å². The summed E-state index contributed by atoms with van der Waals surface area (Å²) in [6.07, 6.45) is 10.4. The molecule has 0 amide bonds. The van der Waals surface area contributed by atoms with E-state index in [-0.39, 0.29) is 24.6 Å². The first kappa shape index (κ1) is 27.5. The molecule has 2 aromatic heterocycles. The van der Waals surface area contributed by atoms with E-state index < -0.39 is 17.5 Å². The fourth-order valence-electron chi connectivity index (χ4n) is 3.90. The summed E-state index contributed by atoms with van der Waals surface area (Å²) in [6, 6.07) is 7.35. The van der Waals surface area contributed by atoms with Gasteiger partial charge in [0.25, 0.3) is 0 Å². The minimum Gasteiger partial charge on any atom is -0.504 e. The number of aliphatic hydroxyl groups excluding tert-OH is 1. The van der Waals surface area contributed by atoms with Crippen LogP contribution in [0.25, 0.3) is 5.57 Å². The molecule has 1 aliphatic rings. The van der Waals surface area contributed by atoms with Crippen LogP contribution in [0.5, 0.6) is 0 Å². The van der Waals surface area contributed by atoms with Gasteiger partial charge in [-0.1, -0.05) is 11.8 Å². The number of likely N-dealkylation sites (N-methyl/N-ethyl adjacent to an activating group) is 2. The minimum absolute atomic E-state index is 0.0888. The highest BCUT2D eigenvalue weighted by atomic mass is 32.1. The Hall–Kier alpha value is -3.08. The summed E-state index contributed by atoms with van der Waals surface area (Å²) in [5, 5.41) is 12.5. The highest BCUT2D eigenvalue weighted by molar-refractivity contribution is 7.18. The number of carbonyl (C=O) groups excluding carboxylic acids is 2. The molecule has 0 saturated carbocycles. The number of terminal acetylenes is 2. The molecular weight excluding hydrogens is 496 g/mol. The Kier molecular flexibility index (Phi) is 10.2. The summed E-state index contributed by atoms with van der Waals surface area (Å²) >= 11 is 2.74. The molecule has 3 rings (SSSR count). The van der Waals surface area contributed by atoms with Gasteiger partial charge in [-0.25, -0.2) is 0 Å². The molecule has 2 heterocycles. The summed E-state index contributed by atoms with van der Waals surface area (Å²) in [5.41, 5.74) is 0.0888. The van der Waals surface area contributed by atoms with Crippen LogP contribution in [0.3, 0.4) is 0 Å². The zero-order valence-electron chi connectivity index (χ0n) is 20.5. The zero-order chi connectivity index (χ0) is 26.1. The number of hydrogen-bond acceptors (Lipinski definition) is 9. The van der Waals surface area contributed by atoms with Crippen molar-refractivity contribution in [2.24, 2.45) is 0 Å². The maximum absolute atomic E-state index is 13.4. The van der Waals surface area contributed by atoms with Crippen molar-refractivity contribution in [1.29, 1.82) is 0 Å². The number of allylic oxidation sites excluding steroid dienone is 2. The van der Waals surface area contributed by atoms with Crippen molar-refractivity contribution in [2.75, 3.05) is 62.4 Å². The Morgan fingerprint density at radius 3 is 2.00 bits per heavy atom. The van der Waals surface area contributed by atoms with Crippen molar-refractivity contribution < 1.29 is 24.2 Å². The van der Waals surface area contributed by atoms with Gasteiger partial charge in [0.1, 0.15) is 19.1 Å². The number of aliphatic hydroxyl groups is 1. The molecule has 1 aliphatic carbocycles. The van der Waals surface area contributed by atoms with E-state index in [4.69, 9.17) is 22.3 Å². The molecule has 0 fully saturated rings. The maximum Gasteiger partial charge on any atom is 0.213 e. The predicted molar refractivity (Wildman–Crippen MR) is 146 cm³/mol. The van der Waals surface area contributed by atoms with Gasteiger partial charge in [-0.05, 0) is 38.1 Å². The first-order valence-electron chi connectivity index (χ1n) is 11.7. The van der Waals surface area contributed by atoms with Gasteiger partial charge in [0.15, 0.2) is 11.5 Å². The molecule has 36 heavy (non-hydrogen) atoms. The molecule has 0 bridgehead atoms. The van der Waals surface area contributed by atoms with Crippen LogP contribution in [0.2, 0.25) is 0 Å². The van der Waals surface area contributed by atoms with Crippen LogP contribution in [0, 0.1) is 24.7 Å². The molecule has 0 aromatic carbocycles. The Balaban J connectivity index is 1.74. The average molecular weight is 527 g/mol. The Morgan fingerprint density at radius 2 is 1.44 bits per heavy atom. The molecular formula is C27H30N2O5S2. The number of nitrogens with zero attached hydrogens (tertiary/aromatic N) is 2. The molecule has 1 unspecified atom stereocenters. The lowest BCUT2D eigenvalue weighted by Crippen LogP contribution is -2.26. The Labute approximate surface area is 220 Å². The van der Waals surface area contributed by atoms with Crippen molar-refractivity contribution in [3.8, 4) is 24.7 Å². The SMILES string of the molecule is C#CCOCCN(CC)c1ccc(C2=C(O)C(=O)C(c3ccc(N(CC)CCOCC#C)s3)C2=O)s1. The van der Waals surface area contributed by atoms with Crippen LogP contribution in [0.15, 0.2) is 30.0 Å². The molecule has 0 saturated heterocycles. The number of hydrogen-bond donors (Lipinski definition) is 1. The Morgan fingerprint density at radius 1 is 0.889 bits per heavy atom. The molecule has 0 aliphatic heterocycles. The molecule has 190 valence electrons. The molecule has 2 aromatic rings. The maximum atomic E-state index is 13.4. The molecule has 9 heteroatoms. The quantitative estimate of drug-likeness (QED) is 0.227. The van der Waals surface area contributed by atoms with Crippen LogP contribution >= 0.6 is 22.7 Å². The number of Topliss-reactive ketones (excluding diaryl/α,β-unsaturated/α-hetero) is 2. The summed E-state index contributed by atoms with van der Waals surface area (Å²) in [7, 11) is 0. The number of anilines is 2. The summed E-state index contributed by atoms with van der Waals surface area (Å²) in [4.78, 5) is 31.7. The zero-order valence-corrected chi connectivity index (χ0v) is 22.1. The van der Waals surface area contributed by atoms with E-state index in [0.717, 1.165) is 23.1 Å². The van der Waals surface area contributed by atoms with E-state index >= 15 is 0 Å². The number of ether oxygens (including phenoxy) is 2. The third-order valence-electron chi connectivity index (χ3n) is 5.74. The van der Waals surface area contributed by atoms with E-state index in [0.29, 0.717) is 36.1 Å². The first-order chi connectivity index (χ1) is 17.5. The topological polar surface area (TPSA) is 79.3 Å². The lowest BCUT2D eigenvalue weighted by atomic mass is 10.0. The highest BCUT2D eigenvalue weighted by Crippen LogP contribution is 2.43. The summed E-state index contributed by atoms with van der Waals surface area (Å²) in [6.45, 7) is 8.25. The molecule has 0 radical (unpaired) electrons. The van der Waals surface area contributed by atoms with Gasteiger partial charge in [0.05, 0.1) is 28.8 Å². The fourth-order valence-corrected chi connectivity index (χ4v) is 6.24. The lowest BCUT2D eigenvalue weighted by Gasteiger charge is -2.20. The van der Waals surface area contributed by atoms with Crippen molar-refractivity contribution in [2.45, 2.75) is 19.8 Å². The summed E-state index contributed by atoms with van der Waals surface area (Å²) < 4.78 is 10.8. The standard InChI is InChI=1S/C27H30N2O5S2/c1-5-15-33-17-13-28(7-3)21-11-9-19(35-21)23-25(30)24(27(32)26(23)31)20-10-12-22(36-20)29(8-4)14-18-34-16-6-2/h1-2,9-12,23,32H,7-8,13-18H2,3-4H3. The normalized spacial score (nSPS) is 15.3. The van der Waals surface area contributed by atoms with E-state index in [9.17, 15) is 14.7 Å². The van der Waals surface area contributed by atoms with Gasteiger partial charge in [-0.2, -0.15) is 0 Å². The van der Waals surface area contributed by atoms with Crippen LogP contribution in [-0.4, -0.2) is 69.3 Å². The highest BCUT2D eigenvalue weighted by Gasteiger charge is 2.44. The first-order valence-corrected chi connectivity index (χ1v) is 13.3. The van der Waals surface area contributed by atoms with E-state index in [2.05, 4.69) is 21.6 Å². The third kappa shape index (κ3) is 6.18. The van der Waals surface area contributed by atoms with Gasteiger partial charge in [-0.3, -0.25) is 9.59 Å². The van der Waals surface area contributed by atoms with E-state index in [1.165, 1.54) is 22.7 Å². The Bertz CT molecular complexity index is 1180. The van der Waals surface area contributed by atoms with Crippen molar-refractivity contribution in [3.05, 3.63) is 39.8 Å². The number of thiophene rings is 2. The molecule has 0 spiro atoms. The van der Waals surface area contributed by atoms with E-state index in [1.54, 1.807) is 12.1 Å². The van der Waals surface area contributed by atoms with E-state index in [1.807, 2.05) is 26.0 Å². The molecule has 1 atom stereocenters. The molecule has 7 nitrogen and oxygen atoms in total. The fraction of sp³-hybridized carbons (Fsp3) is 0.407. The lowest BCUT2D eigenvalue weighted by molar-refractivity contribution is -0.123. The van der Waals surface area contributed by atoms with Gasteiger partial charge in [0, 0.05) is 35.9 Å². The number of rotatable bonds is 14. The average Bonchev–Trinajstić information content (AvgIpc) is 3.59. The minimum atomic E-state index is -1.03. The van der Waals surface area contributed by atoms with Gasteiger partial charge >= 0.3 is 0 Å². The van der Waals surface area contributed by atoms with Gasteiger partial charge in [0.2, 0.25) is 5.78 Å². The van der Waals surface area contributed by atoms with Gasteiger partial charge < -0.3 is 24.4 Å². The van der Waals surface area contributed by atoms with Crippen LogP contribution in [0.1, 0.15) is 29.5 Å². The predicted octanol–water partition coefficient (Wildman–Crippen LogP) is 3.97.